The monoisotopic (exact) mass is 181 g/mol. The molecule has 0 radical (unpaired) electrons. The van der Waals surface area contributed by atoms with Crippen molar-refractivity contribution in [3.8, 4) is 0 Å². The number of nitrogen functional groups attached to an aromatic ring is 1. The SMILES string of the molecule is Nc1cc(Cl)ccc1C=CC=O. The standard InChI is InChI=1S/C9H8ClNO/c10-8-4-3-7(2-1-5-12)9(11)6-8/h1-6H,11H2. The highest BCUT2D eigenvalue weighted by molar-refractivity contribution is 6.30. The molecular weight excluding hydrogens is 174 g/mol. The van der Waals surface area contributed by atoms with Crippen molar-refractivity contribution in [3.63, 3.8) is 0 Å². The summed E-state index contributed by atoms with van der Waals surface area (Å²) in [5.41, 5.74) is 6.98. The maximum atomic E-state index is 10.0. The van der Waals surface area contributed by atoms with Crippen molar-refractivity contribution in [1.82, 2.24) is 0 Å². The summed E-state index contributed by atoms with van der Waals surface area (Å²) >= 11 is 5.68. The average molecular weight is 182 g/mol. The summed E-state index contributed by atoms with van der Waals surface area (Å²) in [5, 5.41) is 0.593. The highest BCUT2D eigenvalue weighted by atomic mass is 35.5. The van der Waals surface area contributed by atoms with E-state index < -0.39 is 0 Å². The number of rotatable bonds is 2. The Hall–Kier alpha value is -1.28. The molecule has 0 aliphatic carbocycles. The van der Waals surface area contributed by atoms with Gasteiger partial charge in [0.2, 0.25) is 0 Å². The van der Waals surface area contributed by atoms with Gasteiger partial charge in [-0.25, -0.2) is 0 Å². The molecule has 0 atom stereocenters. The molecule has 0 aliphatic rings. The predicted molar refractivity (Wildman–Crippen MR) is 51.0 cm³/mol. The third-order valence-corrected chi connectivity index (χ3v) is 1.64. The van der Waals surface area contributed by atoms with Gasteiger partial charge in [0.1, 0.15) is 6.29 Å². The van der Waals surface area contributed by atoms with Crippen LogP contribution in [0.5, 0.6) is 0 Å². The fraction of sp³-hybridized carbons (Fsp3) is 0. The normalized spacial score (nSPS) is 10.4. The van der Waals surface area contributed by atoms with Crippen molar-refractivity contribution in [3.05, 3.63) is 34.9 Å². The Kier molecular flexibility index (Phi) is 2.88. The van der Waals surface area contributed by atoms with E-state index in [1.165, 1.54) is 6.08 Å². The number of anilines is 1. The van der Waals surface area contributed by atoms with Crippen LogP contribution in [0.25, 0.3) is 6.08 Å². The molecule has 0 aliphatic heterocycles. The van der Waals surface area contributed by atoms with Gasteiger partial charge in [-0.3, -0.25) is 4.79 Å². The molecule has 1 aromatic carbocycles. The number of hydrogen-bond donors (Lipinski definition) is 1. The summed E-state index contributed by atoms with van der Waals surface area (Å²) in [6.45, 7) is 0. The van der Waals surface area contributed by atoms with Crippen LogP contribution in [-0.4, -0.2) is 6.29 Å². The smallest absolute Gasteiger partial charge is 0.142 e. The predicted octanol–water partition coefficient (Wildman–Crippen LogP) is 2.13. The Morgan fingerprint density at radius 2 is 2.17 bits per heavy atom. The van der Waals surface area contributed by atoms with Crippen LogP contribution in [0.4, 0.5) is 5.69 Å². The number of aldehydes is 1. The Morgan fingerprint density at radius 3 is 2.75 bits per heavy atom. The van der Waals surface area contributed by atoms with Gasteiger partial charge in [-0.2, -0.15) is 0 Å². The fourth-order valence-corrected chi connectivity index (χ4v) is 1.02. The van der Waals surface area contributed by atoms with Gasteiger partial charge in [0.05, 0.1) is 0 Å². The molecule has 0 saturated heterocycles. The first kappa shape index (κ1) is 8.81. The second kappa shape index (κ2) is 3.93. The molecule has 0 heterocycles. The number of hydrogen-bond acceptors (Lipinski definition) is 2. The first-order valence-corrected chi connectivity index (χ1v) is 3.78. The third kappa shape index (κ3) is 2.10. The number of allylic oxidation sites excluding steroid dienone is 1. The highest BCUT2D eigenvalue weighted by Gasteiger charge is 1.94. The van der Waals surface area contributed by atoms with Gasteiger partial charge in [0, 0.05) is 10.7 Å². The average Bonchev–Trinajstić information content (AvgIpc) is 2.03. The van der Waals surface area contributed by atoms with Crippen LogP contribution in [0.2, 0.25) is 5.02 Å². The number of halogens is 1. The van der Waals surface area contributed by atoms with Crippen molar-refractivity contribution in [1.29, 1.82) is 0 Å². The van der Waals surface area contributed by atoms with E-state index in [-0.39, 0.29) is 0 Å². The minimum Gasteiger partial charge on any atom is -0.398 e. The Bertz CT molecular complexity index is 320. The first-order chi connectivity index (χ1) is 5.74. The van der Waals surface area contributed by atoms with Gasteiger partial charge >= 0.3 is 0 Å². The molecule has 0 spiro atoms. The minimum absolute atomic E-state index is 0.570. The molecule has 2 N–H and O–H groups in total. The molecule has 0 bridgehead atoms. The Labute approximate surface area is 75.6 Å². The highest BCUT2D eigenvalue weighted by Crippen LogP contribution is 2.18. The third-order valence-electron chi connectivity index (χ3n) is 1.40. The lowest BCUT2D eigenvalue weighted by Crippen LogP contribution is -1.88. The maximum Gasteiger partial charge on any atom is 0.142 e. The summed E-state index contributed by atoms with van der Waals surface area (Å²) < 4.78 is 0. The second-order valence-electron chi connectivity index (χ2n) is 2.27. The van der Waals surface area contributed by atoms with E-state index in [0.29, 0.717) is 17.0 Å². The summed E-state index contributed by atoms with van der Waals surface area (Å²) in [6.07, 6.45) is 3.73. The lowest BCUT2D eigenvalue weighted by molar-refractivity contribution is -0.104. The van der Waals surface area contributed by atoms with Gasteiger partial charge < -0.3 is 5.73 Å². The summed E-state index contributed by atoms with van der Waals surface area (Å²) in [7, 11) is 0. The van der Waals surface area contributed by atoms with Gasteiger partial charge in [-0.15, -0.1) is 0 Å². The van der Waals surface area contributed by atoms with Crippen molar-refractivity contribution in [2.75, 3.05) is 5.73 Å². The van der Waals surface area contributed by atoms with E-state index >= 15 is 0 Å². The van der Waals surface area contributed by atoms with E-state index in [2.05, 4.69) is 0 Å². The maximum absolute atomic E-state index is 10.0. The Morgan fingerprint density at radius 1 is 1.42 bits per heavy atom. The van der Waals surface area contributed by atoms with Crippen LogP contribution < -0.4 is 5.73 Å². The topological polar surface area (TPSA) is 43.1 Å². The first-order valence-electron chi connectivity index (χ1n) is 3.41. The molecule has 0 unspecified atom stereocenters. The summed E-state index contributed by atoms with van der Waals surface area (Å²) in [5.74, 6) is 0. The zero-order valence-corrected chi connectivity index (χ0v) is 7.08. The fourth-order valence-electron chi connectivity index (χ4n) is 0.840. The van der Waals surface area contributed by atoms with Crippen LogP contribution in [0.3, 0.4) is 0 Å². The van der Waals surface area contributed by atoms with Crippen LogP contribution in [0.1, 0.15) is 5.56 Å². The van der Waals surface area contributed by atoms with Crippen LogP contribution in [0, 0.1) is 0 Å². The molecule has 0 saturated carbocycles. The number of nitrogens with two attached hydrogens (primary N) is 1. The van der Waals surface area contributed by atoms with E-state index in [1.54, 1.807) is 24.3 Å². The van der Waals surface area contributed by atoms with Crippen molar-refractivity contribution in [2.45, 2.75) is 0 Å². The Balaban J connectivity index is 3.01. The largest absolute Gasteiger partial charge is 0.398 e. The number of benzene rings is 1. The molecule has 1 aromatic rings. The quantitative estimate of drug-likeness (QED) is 0.432. The van der Waals surface area contributed by atoms with E-state index in [9.17, 15) is 4.79 Å². The van der Waals surface area contributed by atoms with E-state index in [0.717, 1.165) is 5.56 Å². The molecule has 1 rings (SSSR count). The van der Waals surface area contributed by atoms with Gasteiger partial charge in [-0.1, -0.05) is 17.7 Å². The zero-order chi connectivity index (χ0) is 8.97. The minimum atomic E-state index is 0.570. The molecule has 0 fully saturated rings. The summed E-state index contributed by atoms with van der Waals surface area (Å²) in [4.78, 5) is 10.0. The van der Waals surface area contributed by atoms with Crippen LogP contribution in [0.15, 0.2) is 24.3 Å². The van der Waals surface area contributed by atoms with Crippen molar-refractivity contribution < 1.29 is 4.79 Å². The lowest BCUT2D eigenvalue weighted by Gasteiger charge is -1.98. The van der Waals surface area contributed by atoms with E-state index in [4.69, 9.17) is 17.3 Å². The molecular formula is C9H8ClNO. The number of carbonyl (C=O) groups excluding carboxylic acids is 1. The lowest BCUT2D eigenvalue weighted by atomic mass is 10.2. The summed E-state index contributed by atoms with van der Waals surface area (Å²) in [6, 6.07) is 5.13. The van der Waals surface area contributed by atoms with Crippen molar-refractivity contribution >= 4 is 29.7 Å². The van der Waals surface area contributed by atoms with Crippen molar-refractivity contribution in [2.24, 2.45) is 0 Å². The molecule has 2 nitrogen and oxygen atoms in total. The molecule has 12 heavy (non-hydrogen) atoms. The van der Waals surface area contributed by atoms with E-state index in [1.807, 2.05) is 0 Å². The van der Waals surface area contributed by atoms with Gasteiger partial charge in [-0.05, 0) is 29.8 Å². The second-order valence-corrected chi connectivity index (χ2v) is 2.70. The van der Waals surface area contributed by atoms with Crippen LogP contribution >= 0.6 is 11.6 Å². The number of carbonyl (C=O) groups is 1. The van der Waals surface area contributed by atoms with Crippen LogP contribution in [-0.2, 0) is 4.79 Å². The van der Waals surface area contributed by atoms with Gasteiger partial charge in [0.25, 0.3) is 0 Å². The van der Waals surface area contributed by atoms with Gasteiger partial charge in [0.15, 0.2) is 0 Å². The molecule has 3 heteroatoms. The zero-order valence-electron chi connectivity index (χ0n) is 6.33. The molecule has 62 valence electrons. The molecule has 0 amide bonds. The molecule has 0 aromatic heterocycles.